The van der Waals surface area contributed by atoms with Crippen LogP contribution in [0.3, 0.4) is 0 Å². The molecule has 0 aromatic carbocycles. The van der Waals surface area contributed by atoms with E-state index in [0.29, 0.717) is 12.0 Å². The van der Waals surface area contributed by atoms with Gasteiger partial charge in [0.1, 0.15) is 0 Å². The monoisotopic (exact) mass is 225 g/mol. The van der Waals surface area contributed by atoms with Gasteiger partial charge in [0.25, 0.3) is 0 Å². The van der Waals surface area contributed by atoms with Crippen molar-refractivity contribution in [1.82, 2.24) is 9.97 Å². The van der Waals surface area contributed by atoms with Gasteiger partial charge in [0.2, 0.25) is 5.95 Å². The molecule has 2 heterocycles. The third-order valence-electron chi connectivity index (χ3n) is 2.50. The molecule has 0 saturated carbocycles. The number of nitrogens with one attached hydrogen (secondary N) is 1. The lowest BCUT2D eigenvalue weighted by Crippen LogP contribution is -2.30. The fourth-order valence-corrected chi connectivity index (χ4v) is 2.89. The predicted molar refractivity (Wildman–Crippen MR) is 61.3 cm³/mol. The summed E-state index contributed by atoms with van der Waals surface area (Å²) in [6, 6.07) is 0.380. The highest BCUT2D eigenvalue weighted by molar-refractivity contribution is 7.85. The topological polar surface area (TPSA) is 54.9 Å². The molecule has 82 valence electrons. The standard InChI is InChI=1S/C10H15N3OS/c1-8-6-11-10(12-7-8)13-9-2-4-15(14)5-3-9/h6-7,9H,2-5H2,1H3,(H,11,12,13). The first-order valence-corrected chi connectivity index (χ1v) is 6.63. The van der Waals surface area contributed by atoms with E-state index in [0.717, 1.165) is 29.9 Å². The van der Waals surface area contributed by atoms with Crippen LogP contribution in [0.15, 0.2) is 12.4 Å². The molecule has 0 bridgehead atoms. The highest BCUT2D eigenvalue weighted by Crippen LogP contribution is 2.13. The van der Waals surface area contributed by atoms with Crippen molar-refractivity contribution in [2.45, 2.75) is 25.8 Å². The number of rotatable bonds is 2. The minimum absolute atomic E-state index is 0.380. The van der Waals surface area contributed by atoms with E-state index in [4.69, 9.17) is 0 Å². The van der Waals surface area contributed by atoms with Gasteiger partial charge >= 0.3 is 0 Å². The van der Waals surface area contributed by atoms with Crippen molar-refractivity contribution in [1.29, 1.82) is 0 Å². The molecule has 1 N–H and O–H groups in total. The zero-order valence-electron chi connectivity index (χ0n) is 8.77. The molecule has 1 aliphatic rings. The average Bonchev–Trinajstić information content (AvgIpc) is 2.25. The normalized spacial score (nSPS) is 26.2. The van der Waals surface area contributed by atoms with E-state index in [1.165, 1.54) is 0 Å². The van der Waals surface area contributed by atoms with Gasteiger partial charge in [-0.15, -0.1) is 0 Å². The van der Waals surface area contributed by atoms with Crippen LogP contribution in [0.2, 0.25) is 0 Å². The van der Waals surface area contributed by atoms with Gasteiger partial charge in [0.05, 0.1) is 0 Å². The molecule has 1 aromatic rings. The van der Waals surface area contributed by atoms with Crippen LogP contribution >= 0.6 is 0 Å². The van der Waals surface area contributed by atoms with E-state index in [2.05, 4.69) is 15.3 Å². The quantitative estimate of drug-likeness (QED) is 0.819. The predicted octanol–water partition coefficient (Wildman–Crippen LogP) is 1.11. The fourth-order valence-electron chi connectivity index (χ4n) is 1.59. The zero-order valence-corrected chi connectivity index (χ0v) is 9.59. The molecule has 1 fully saturated rings. The third-order valence-corrected chi connectivity index (χ3v) is 3.88. The van der Waals surface area contributed by atoms with Gasteiger partial charge in [-0.1, -0.05) is 0 Å². The van der Waals surface area contributed by atoms with Crippen LogP contribution in [0.5, 0.6) is 0 Å². The molecule has 0 radical (unpaired) electrons. The van der Waals surface area contributed by atoms with E-state index < -0.39 is 10.8 Å². The van der Waals surface area contributed by atoms with E-state index in [9.17, 15) is 4.21 Å². The molecule has 1 aliphatic heterocycles. The summed E-state index contributed by atoms with van der Waals surface area (Å²) in [4.78, 5) is 8.39. The van der Waals surface area contributed by atoms with E-state index in [-0.39, 0.29) is 0 Å². The molecule has 4 nitrogen and oxygen atoms in total. The molecule has 1 aromatic heterocycles. The summed E-state index contributed by atoms with van der Waals surface area (Å²) >= 11 is 0. The van der Waals surface area contributed by atoms with Crippen LogP contribution in [0.25, 0.3) is 0 Å². The number of anilines is 1. The van der Waals surface area contributed by atoms with Gasteiger partial charge in [-0.3, -0.25) is 4.21 Å². The maximum Gasteiger partial charge on any atom is 0.222 e. The van der Waals surface area contributed by atoms with Crippen LogP contribution in [0.4, 0.5) is 5.95 Å². The second-order valence-corrected chi connectivity index (χ2v) is 5.55. The maximum atomic E-state index is 11.2. The van der Waals surface area contributed by atoms with Crippen molar-refractivity contribution in [3.63, 3.8) is 0 Å². The molecular formula is C10H15N3OS. The largest absolute Gasteiger partial charge is 0.351 e. The van der Waals surface area contributed by atoms with Gasteiger partial charge in [-0.25, -0.2) is 9.97 Å². The SMILES string of the molecule is Cc1cnc(NC2CCS(=O)CC2)nc1. The Hall–Kier alpha value is -0.970. The Morgan fingerprint density at radius 1 is 1.33 bits per heavy atom. The molecule has 0 aliphatic carbocycles. The Kier molecular flexibility index (Phi) is 3.30. The lowest BCUT2D eigenvalue weighted by Gasteiger charge is -2.22. The van der Waals surface area contributed by atoms with Gasteiger partial charge < -0.3 is 5.32 Å². The Balaban J connectivity index is 1.91. The van der Waals surface area contributed by atoms with Crippen LogP contribution < -0.4 is 5.32 Å². The molecule has 0 spiro atoms. The van der Waals surface area contributed by atoms with Crippen LogP contribution in [-0.4, -0.2) is 31.7 Å². The van der Waals surface area contributed by atoms with E-state index in [1.54, 1.807) is 12.4 Å². The van der Waals surface area contributed by atoms with Crippen molar-refractivity contribution in [3.05, 3.63) is 18.0 Å². The van der Waals surface area contributed by atoms with Crippen molar-refractivity contribution >= 4 is 16.7 Å². The molecule has 0 amide bonds. The number of aryl methyl sites for hydroxylation is 1. The fraction of sp³-hybridized carbons (Fsp3) is 0.600. The first-order valence-electron chi connectivity index (χ1n) is 5.14. The first kappa shape index (κ1) is 10.5. The summed E-state index contributed by atoms with van der Waals surface area (Å²) in [6.07, 6.45) is 5.50. The summed E-state index contributed by atoms with van der Waals surface area (Å²) in [5.41, 5.74) is 1.06. The summed E-state index contributed by atoms with van der Waals surface area (Å²) in [6.45, 7) is 1.97. The highest BCUT2D eigenvalue weighted by atomic mass is 32.2. The molecule has 0 atom stereocenters. The summed E-state index contributed by atoms with van der Waals surface area (Å²) < 4.78 is 11.2. The smallest absolute Gasteiger partial charge is 0.222 e. The van der Waals surface area contributed by atoms with E-state index in [1.807, 2.05) is 6.92 Å². The molecule has 15 heavy (non-hydrogen) atoms. The lowest BCUT2D eigenvalue weighted by atomic mass is 10.2. The third kappa shape index (κ3) is 2.99. The second-order valence-electron chi connectivity index (χ2n) is 3.85. The van der Waals surface area contributed by atoms with Crippen molar-refractivity contribution in [2.24, 2.45) is 0 Å². The van der Waals surface area contributed by atoms with Gasteiger partial charge in [-0.05, 0) is 25.3 Å². The molecule has 2 rings (SSSR count). The average molecular weight is 225 g/mol. The van der Waals surface area contributed by atoms with Crippen molar-refractivity contribution < 1.29 is 4.21 Å². The Morgan fingerprint density at radius 3 is 2.53 bits per heavy atom. The van der Waals surface area contributed by atoms with Gasteiger partial charge in [-0.2, -0.15) is 0 Å². The van der Waals surface area contributed by atoms with Crippen molar-refractivity contribution in [2.75, 3.05) is 16.8 Å². The minimum Gasteiger partial charge on any atom is -0.351 e. The second kappa shape index (κ2) is 4.70. The van der Waals surface area contributed by atoms with Crippen LogP contribution in [0.1, 0.15) is 18.4 Å². The molecular weight excluding hydrogens is 210 g/mol. The zero-order chi connectivity index (χ0) is 10.7. The number of hydrogen-bond donors (Lipinski definition) is 1. The van der Waals surface area contributed by atoms with Crippen LogP contribution in [0, 0.1) is 6.92 Å². The molecule has 0 unspecified atom stereocenters. The Bertz CT molecular complexity index is 342. The molecule has 5 heteroatoms. The number of aromatic nitrogens is 2. The lowest BCUT2D eigenvalue weighted by molar-refractivity contribution is 0.620. The van der Waals surface area contributed by atoms with E-state index >= 15 is 0 Å². The van der Waals surface area contributed by atoms with Crippen molar-refractivity contribution in [3.8, 4) is 0 Å². The van der Waals surface area contributed by atoms with Gasteiger partial charge in [0, 0.05) is 40.7 Å². The number of hydrogen-bond acceptors (Lipinski definition) is 4. The van der Waals surface area contributed by atoms with Crippen LogP contribution in [-0.2, 0) is 10.8 Å². The van der Waals surface area contributed by atoms with Gasteiger partial charge in [0.15, 0.2) is 0 Å². The summed E-state index contributed by atoms with van der Waals surface area (Å²) in [5, 5.41) is 3.27. The summed E-state index contributed by atoms with van der Waals surface area (Å²) in [5.74, 6) is 2.27. The maximum absolute atomic E-state index is 11.2. The Morgan fingerprint density at radius 2 is 1.93 bits per heavy atom. The minimum atomic E-state index is -0.603. The number of nitrogens with zero attached hydrogens (tertiary/aromatic N) is 2. The highest BCUT2D eigenvalue weighted by Gasteiger charge is 2.17. The summed E-state index contributed by atoms with van der Waals surface area (Å²) in [7, 11) is -0.603. The first-order chi connectivity index (χ1) is 7.24. The Labute approximate surface area is 92.0 Å². The molecule has 1 saturated heterocycles.